The number of hydrogen-bond acceptors (Lipinski definition) is 4. The van der Waals surface area contributed by atoms with Crippen LogP contribution in [0.5, 0.6) is 0 Å². The molecule has 29 heavy (non-hydrogen) atoms. The molecule has 0 aliphatic heterocycles. The summed E-state index contributed by atoms with van der Waals surface area (Å²) in [5.41, 5.74) is -1.96. The summed E-state index contributed by atoms with van der Waals surface area (Å²) >= 11 is 0. The number of aliphatic hydroxyl groups is 2. The lowest BCUT2D eigenvalue weighted by Gasteiger charge is -2.40. The Bertz CT molecular complexity index is 482. The second-order valence-electron chi connectivity index (χ2n) is 11.4. The van der Waals surface area contributed by atoms with Crippen LogP contribution in [-0.4, -0.2) is 47.3 Å². The zero-order valence-corrected chi connectivity index (χ0v) is 20.3. The maximum Gasteiger partial charge on any atom is 0.236 e. The van der Waals surface area contributed by atoms with E-state index in [9.17, 15) is 19.8 Å². The lowest BCUT2D eigenvalue weighted by Crippen LogP contribution is -2.60. The summed E-state index contributed by atoms with van der Waals surface area (Å²) in [4.78, 5) is 27.1. The van der Waals surface area contributed by atoms with E-state index in [1.165, 1.54) is 0 Å². The monoisotopic (exact) mass is 414 g/mol. The van der Waals surface area contributed by atoms with Gasteiger partial charge in [-0.05, 0) is 35.5 Å². The molecule has 0 saturated heterocycles. The van der Waals surface area contributed by atoms with Crippen molar-refractivity contribution < 1.29 is 19.8 Å². The molecule has 0 spiro atoms. The van der Waals surface area contributed by atoms with Crippen LogP contribution in [0.4, 0.5) is 0 Å². The van der Waals surface area contributed by atoms with Gasteiger partial charge in [0.1, 0.15) is 5.41 Å². The first-order valence-corrected chi connectivity index (χ1v) is 10.8. The number of amides is 2. The molecule has 2 atom stereocenters. The highest BCUT2D eigenvalue weighted by atomic mass is 16.3. The molecule has 172 valence electrons. The number of carbonyl (C=O) groups is 2. The minimum atomic E-state index is -1.26. The SMILES string of the molecule is CC(C)CC(CC(C)C)(C(=O)N[C@H](CO)C(C)(C)C)C(=O)N[C@H](CO)C(C)(C)C. The molecule has 0 aromatic carbocycles. The zero-order chi connectivity index (χ0) is 23.2. The fraction of sp³-hybridized carbons (Fsp3) is 0.913. The van der Waals surface area contributed by atoms with Crippen LogP contribution in [-0.2, 0) is 9.59 Å². The lowest BCUT2D eigenvalue weighted by atomic mass is 9.71. The lowest BCUT2D eigenvalue weighted by molar-refractivity contribution is -0.148. The number of rotatable bonds is 10. The molecule has 4 N–H and O–H groups in total. The third-order valence-corrected chi connectivity index (χ3v) is 5.45. The third-order valence-electron chi connectivity index (χ3n) is 5.45. The average molecular weight is 415 g/mol. The largest absolute Gasteiger partial charge is 0.394 e. The molecule has 0 aliphatic rings. The third kappa shape index (κ3) is 8.25. The van der Waals surface area contributed by atoms with Gasteiger partial charge in [0.05, 0.1) is 25.3 Å². The van der Waals surface area contributed by atoms with Gasteiger partial charge in [0.15, 0.2) is 0 Å². The van der Waals surface area contributed by atoms with Crippen molar-refractivity contribution in [1.29, 1.82) is 0 Å². The molecule has 0 rings (SSSR count). The summed E-state index contributed by atoms with van der Waals surface area (Å²) in [6.45, 7) is 19.3. The molecule has 0 fully saturated rings. The molecule has 0 unspecified atom stereocenters. The van der Waals surface area contributed by atoms with Crippen molar-refractivity contribution in [3.8, 4) is 0 Å². The first kappa shape index (κ1) is 27.9. The number of aliphatic hydroxyl groups excluding tert-OH is 2. The molecule has 2 amide bonds. The quantitative estimate of drug-likeness (QED) is 0.413. The van der Waals surface area contributed by atoms with Gasteiger partial charge < -0.3 is 20.8 Å². The van der Waals surface area contributed by atoms with E-state index in [-0.39, 0.29) is 47.7 Å². The number of nitrogens with one attached hydrogen (secondary N) is 2. The first-order chi connectivity index (χ1) is 13.0. The van der Waals surface area contributed by atoms with Crippen LogP contribution in [0.1, 0.15) is 82.1 Å². The van der Waals surface area contributed by atoms with E-state index in [0.717, 1.165) is 0 Å². The Labute approximate surface area is 178 Å². The van der Waals surface area contributed by atoms with Crippen molar-refractivity contribution in [2.24, 2.45) is 28.1 Å². The van der Waals surface area contributed by atoms with Gasteiger partial charge in [0, 0.05) is 0 Å². The molecule has 0 aliphatic carbocycles. The Morgan fingerprint density at radius 1 is 0.690 bits per heavy atom. The van der Waals surface area contributed by atoms with Crippen LogP contribution in [0, 0.1) is 28.1 Å². The van der Waals surface area contributed by atoms with E-state index in [1.807, 2.05) is 69.2 Å². The van der Waals surface area contributed by atoms with Crippen LogP contribution in [0.25, 0.3) is 0 Å². The van der Waals surface area contributed by atoms with E-state index in [0.29, 0.717) is 12.8 Å². The molecule has 0 heterocycles. The van der Waals surface area contributed by atoms with E-state index < -0.39 is 17.5 Å². The number of hydrogen-bond donors (Lipinski definition) is 4. The molecule has 0 radical (unpaired) electrons. The Hall–Kier alpha value is -1.14. The summed E-state index contributed by atoms with van der Waals surface area (Å²) < 4.78 is 0. The van der Waals surface area contributed by atoms with Crippen LogP contribution < -0.4 is 10.6 Å². The van der Waals surface area contributed by atoms with Crippen LogP contribution in [0.2, 0.25) is 0 Å². The van der Waals surface area contributed by atoms with Gasteiger partial charge in [-0.15, -0.1) is 0 Å². The van der Waals surface area contributed by atoms with Crippen molar-refractivity contribution in [3.05, 3.63) is 0 Å². The van der Waals surface area contributed by atoms with E-state index in [1.54, 1.807) is 0 Å². The van der Waals surface area contributed by atoms with E-state index in [2.05, 4.69) is 10.6 Å². The van der Waals surface area contributed by atoms with Crippen molar-refractivity contribution in [2.75, 3.05) is 13.2 Å². The molecule has 6 nitrogen and oxygen atoms in total. The summed E-state index contributed by atoms with van der Waals surface area (Å²) in [5, 5.41) is 25.6. The second kappa shape index (κ2) is 10.8. The normalized spacial score (nSPS) is 15.4. The highest BCUT2D eigenvalue weighted by Crippen LogP contribution is 2.36. The topological polar surface area (TPSA) is 98.7 Å². The van der Waals surface area contributed by atoms with Gasteiger partial charge >= 0.3 is 0 Å². The average Bonchev–Trinajstić information content (AvgIpc) is 2.52. The van der Waals surface area contributed by atoms with Crippen molar-refractivity contribution in [2.45, 2.75) is 94.2 Å². The highest BCUT2D eigenvalue weighted by Gasteiger charge is 2.48. The van der Waals surface area contributed by atoms with E-state index in [4.69, 9.17) is 0 Å². The Morgan fingerprint density at radius 2 is 0.966 bits per heavy atom. The maximum atomic E-state index is 13.6. The van der Waals surface area contributed by atoms with Crippen molar-refractivity contribution in [3.63, 3.8) is 0 Å². The predicted molar refractivity (Wildman–Crippen MR) is 118 cm³/mol. The summed E-state index contributed by atoms with van der Waals surface area (Å²) in [6.07, 6.45) is 0.793. The van der Waals surface area contributed by atoms with E-state index >= 15 is 0 Å². The molecule has 0 aromatic heterocycles. The minimum Gasteiger partial charge on any atom is -0.394 e. The van der Waals surface area contributed by atoms with Gasteiger partial charge in [0.25, 0.3) is 0 Å². The van der Waals surface area contributed by atoms with Crippen molar-refractivity contribution in [1.82, 2.24) is 10.6 Å². The molecule has 0 saturated carbocycles. The molecule has 0 aromatic rings. The zero-order valence-electron chi connectivity index (χ0n) is 20.3. The summed E-state index contributed by atoms with van der Waals surface area (Å²) in [7, 11) is 0. The highest BCUT2D eigenvalue weighted by molar-refractivity contribution is 6.05. The fourth-order valence-electron chi connectivity index (χ4n) is 3.62. The molecular weight excluding hydrogens is 368 g/mol. The fourth-order valence-corrected chi connectivity index (χ4v) is 3.62. The van der Waals surface area contributed by atoms with Crippen LogP contribution in [0.15, 0.2) is 0 Å². The number of carbonyl (C=O) groups excluding carboxylic acids is 2. The minimum absolute atomic E-state index is 0.120. The smallest absolute Gasteiger partial charge is 0.236 e. The van der Waals surface area contributed by atoms with Gasteiger partial charge in [-0.3, -0.25) is 9.59 Å². The summed E-state index contributed by atoms with van der Waals surface area (Å²) in [5.74, 6) is -0.460. The maximum absolute atomic E-state index is 13.6. The van der Waals surface area contributed by atoms with Gasteiger partial charge in [-0.25, -0.2) is 0 Å². The summed E-state index contributed by atoms with van der Waals surface area (Å²) in [6, 6.07) is -0.921. The Balaban J connectivity index is 6.15. The Morgan fingerprint density at radius 3 is 1.14 bits per heavy atom. The standard InChI is InChI=1S/C23H46N2O4/c1-15(2)11-23(12-16(3)4,19(28)24-17(13-26)21(5,6)7)20(29)25-18(14-27)22(8,9)10/h15-18,26-27H,11-14H2,1-10H3,(H,24,28)(H,25,29)/t17-,18-/m1/s1. The molecule has 0 bridgehead atoms. The molecule has 6 heteroatoms. The van der Waals surface area contributed by atoms with Crippen LogP contribution in [0.3, 0.4) is 0 Å². The van der Waals surface area contributed by atoms with Crippen LogP contribution >= 0.6 is 0 Å². The van der Waals surface area contributed by atoms with Gasteiger partial charge in [0.2, 0.25) is 11.8 Å². The second-order valence-corrected chi connectivity index (χ2v) is 11.4. The Kier molecular flexibility index (Phi) is 10.3. The molecular formula is C23H46N2O4. The predicted octanol–water partition coefficient (Wildman–Crippen LogP) is 3.11. The van der Waals surface area contributed by atoms with Gasteiger partial charge in [-0.2, -0.15) is 0 Å². The first-order valence-electron chi connectivity index (χ1n) is 10.8. The van der Waals surface area contributed by atoms with Gasteiger partial charge in [-0.1, -0.05) is 69.2 Å². The van der Waals surface area contributed by atoms with Crippen molar-refractivity contribution >= 4 is 11.8 Å².